The van der Waals surface area contributed by atoms with Crippen molar-refractivity contribution in [1.29, 1.82) is 0 Å². The minimum atomic E-state index is -2.38. The predicted molar refractivity (Wildman–Crippen MR) is 161 cm³/mol. The summed E-state index contributed by atoms with van der Waals surface area (Å²) < 4.78 is 55.9. The predicted octanol–water partition coefficient (Wildman–Crippen LogP) is 2.33. The zero-order valence-electron chi connectivity index (χ0n) is 29.0. The summed E-state index contributed by atoms with van der Waals surface area (Å²) in [6, 6.07) is 1.65. The summed E-state index contributed by atoms with van der Waals surface area (Å²) in [5.74, 6) is -6.73. The Labute approximate surface area is 286 Å². The number of furan rings is 1. The number of carbonyl (C=O) groups is 5. The van der Waals surface area contributed by atoms with Crippen LogP contribution in [-0.2, 0) is 61.9 Å². The molecule has 4 aliphatic carbocycles. The molecule has 1 spiro atoms. The molecule has 15 nitrogen and oxygen atoms in total. The van der Waals surface area contributed by atoms with Crippen molar-refractivity contribution in [1.82, 2.24) is 0 Å². The number of aliphatic hydroxyl groups is 1. The molecule has 13 unspecified atom stereocenters. The van der Waals surface area contributed by atoms with E-state index in [0.717, 1.165) is 20.8 Å². The van der Waals surface area contributed by atoms with Gasteiger partial charge in [0.25, 0.3) is 5.97 Å². The first-order valence-corrected chi connectivity index (χ1v) is 16.6. The Balaban J connectivity index is 1.53. The third-order valence-electron chi connectivity index (χ3n) is 13.4. The number of carbonyl (C=O) groups excluding carboxylic acids is 5. The number of hydrogen-bond donors (Lipinski definition) is 1. The van der Waals surface area contributed by atoms with Crippen LogP contribution in [-0.4, -0.2) is 88.8 Å². The average molecular weight is 701 g/mol. The number of rotatable bonds is 6. The van der Waals surface area contributed by atoms with Gasteiger partial charge < -0.3 is 47.4 Å². The lowest BCUT2D eigenvalue weighted by Gasteiger charge is -2.75. The molecule has 0 amide bonds. The highest BCUT2D eigenvalue weighted by atomic mass is 16.9. The normalized spacial score (nSPS) is 50.1. The Morgan fingerprint density at radius 3 is 2.26 bits per heavy atom. The fourth-order valence-electron chi connectivity index (χ4n) is 12.1. The molecule has 8 rings (SSSR count). The van der Waals surface area contributed by atoms with Gasteiger partial charge in [-0.25, -0.2) is 4.79 Å². The zero-order valence-corrected chi connectivity index (χ0v) is 29.0. The van der Waals surface area contributed by atoms with Crippen molar-refractivity contribution in [2.75, 3.05) is 7.11 Å². The third kappa shape index (κ3) is 3.30. The van der Waals surface area contributed by atoms with Crippen molar-refractivity contribution in [2.45, 2.75) is 121 Å². The molecule has 6 fully saturated rings. The van der Waals surface area contributed by atoms with E-state index in [1.54, 1.807) is 19.9 Å². The minimum Gasteiger partial charge on any atom is -0.472 e. The van der Waals surface area contributed by atoms with Gasteiger partial charge in [0.15, 0.2) is 17.8 Å². The Bertz CT molecular complexity index is 1790. The molecule has 4 heterocycles. The van der Waals surface area contributed by atoms with Gasteiger partial charge in [0, 0.05) is 63.0 Å². The smallest absolute Gasteiger partial charge is 0.331 e. The van der Waals surface area contributed by atoms with Crippen molar-refractivity contribution in [3.05, 3.63) is 35.8 Å². The molecule has 7 aliphatic rings. The number of methoxy groups -OCH3 is 1. The van der Waals surface area contributed by atoms with Gasteiger partial charge >= 0.3 is 29.8 Å². The molecule has 1 N–H and O–H groups in total. The molecule has 13 atom stereocenters. The van der Waals surface area contributed by atoms with Crippen LogP contribution in [0.3, 0.4) is 0 Å². The summed E-state index contributed by atoms with van der Waals surface area (Å²) in [6.07, 6.45) is -1.53. The molecule has 50 heavy (non-hydrogen) atoms. The zero-order chi connectivity index (χ0) is 36.2. The molecular formula is C35H40O15. The molecule has 0 aromatic carbocycles. The number of fused-ring (bicyclic) bond motifs is 5. The molecule has 0 radical (unpaired) electrons. The van der Waals surface area contributed by atoms with Gasteiger partial charge in [-0.1, -0.05) is 13.8 Å². The van der Waals surface area contributed by atoms with Crippen LogP contribution < -0.4 is 0 Å². The summed E-state index contributed by atoms with van der Waals surface area (Å²) in [5, 5.41) is 13.6. The summed E-state index contributed by atoms with van der Waals surface area (Å²) in [7, 11) is 1.24. The second kappa shape index (κ2) is 9.55. The standard InChI is InChI=1S/C35H40O15/c1-16(36)44-26-28(4)15-32(41)30(6,20(28)11-23(39)42-8)33-13-22-29(5)21(12-24(40)46-25(29)19-9-10-43-14-19)34(33,50-31(7,48-22)49-33)27(45-17(2)37)35(26,32)47-18(3)38/h9-10,12,14,20,22,25-27,41H,11,13,15H2,1-8H3. The van der Waals surface area contributed by atoms with Crippen LogP contribution in [0.25, 0.3) is 0 Å². The Morgan fingerprint density at radius 2 is 1.66 bits per heavy atom. The van der Waals surface area contributed by atoms with Gasteiger partial charge in [-0.3, -0.25) is 19.2 Å². The third-order valence-corrected chi connectivity index (χ3v) is 13.4. The number of cyclic esters (lactones) is 1. The maximum Gasteiger partial charge on any atom is 0.331 e. The maximum absolute atomic E-state index is 13.7. The second-order valence-electron chi connectivity index (χ2n) is 15.6. The van der Waals surface area contributed by atoms with E-state index in [1.807, 2.05) is 6.92 Å². The molecule has 4 saturated carbocycles. The van der Waals surface area contributed by atoms with E-state index in [-0.39, 0.29) is 24.8 Å². The van der Waals surface area contributed by atoms with E-state index in [4.69, 9.17) is 42.3 Å². The highest BCUT2D eigenvalue weighted by Crippen LogP contribution is 2.87. The fraction of sp³-hybridized carbons (Fsp3) is 0.686. The number of ether oxygens (including phenoxy) is 8. The molecular weight excluding hydrogens is 660 g/mol. The van der Waals surface area contributed by atoms with Crippen molar-refractivity contribution in [3.8, 4) is 0 Å². The second-order valence-corrected chi connectivity index (χ2v) is 15.6. The minimum absolute atomic E-state index is 0.0267. The molecule has 270 valence electrons. The molecule has 1 aromatic heterocycles. The first kappa shape index (κ1) is 33.4. The van der Waals surface area contributed by atoms with Crippen molar-refractivity contribution in [2.24, 2.45) is 22.2 Å². The van der Waals surface area contributed by atoms with Crippen LogP contribution in [0.1, 0.15) is 79.4 Å². The molecule has 15 heteroatoms. The Morgan fingerprint density at radius 1 is 0.980 bits per heavy atom. The van der Waals surface area contributed by atoms with Gasteiger partial charge in [0.05, 0.1) is 31.2 Å². The van der Waals surface area contributed by atoms with Crippen molar-refractivity contribution in [3.63, 3.8) is 0 Å². The molecule has 1 aromatic rings. The van der Waals surface area contributed by atoms with E-state index in [2.05, 4.69) is 0 Å². The highest BCUT2D eigenvalue weighted by molar-refractivity contribution is 5.86. The van der Waals surface area contributed by atoms with Crippen LogP contribution in [0.5, 0.6) is 0 Å². The Hall–Kier alpha value is -3.79. The topological polar surface area (TPSA) is 193 Å². The van der Waals surface area contributed by atoms with E-state index >= 15 is 0 Å². The first-order valence-electron chi connectivity index (χ1n) is 16.6. The van der Waals surface area contributed by atoms with Gasteiger partial charge in [-0.05, 0) is 30.9 Å². The van der Waals surface area contributed by atoms with Crippen LogP contribution in [0.4, 0.5) is 0 Å². The van der Waals surface area contributed by atoms with Gasteiger partial charge in [-0.15, -0.1) is 0 Å². The summed E-state index contributed by atoms with van der Waals surface area (Å²) in [4.78, 5) is 66.9. The number of esters is 5. The molecule has 5 bridgehead atoms. The summed E-state index contributed by atoms with van der Waals surface area (Å²) in [6.45, 7) is 10.2. The van der Waals surface area contributed by atoms with E-state index < -0.39 is 105 Å². The SMILES string of the molecule is COC(=O)CC1C2(C)CC3(O)C(OC(C)=O)(C2OC(C)=O)C(OC(C)=O)C24OC5(C)OC(CC2(O5)C13C)C1(C)C4=CC(=O)OC1c1ccoc1. The van der Waals surface area contributed by atoms with Crippen LogP contribution in [0.15, 0.2) is 34.7 Å². The monoisotopic (exact) mass is 700 g/mol. The molecule has 2 saturated heterocycles. The van der Waals surface area contributed by atoms with Crippen LogP contribution in [0, 0.1) is 22.2 Å². The highest BCUT2D eigenvalue weighted by Gasteiger charge is 3.02. The summed E-state index contributed by atoms with van der Waals surface area (Å²) in [5.41, 5.74) is -11.9. The van der Waals surface area contributed by atoms with Crippen LogP contribution in [0.2, 0.25) is 0 Å². The van der Waals surface area contributed by atoms with E-state index in [1.165, 1.54) is 32.6 Å². The van der Waals surface area contributed by atoms with E-state index in [0.29, 0.717) is 5.56 Å². The lowest BCUT2D eigenvalue weighted by Crippen LogP contribution is -2.93. The van der Waals surface area contributed by atoms with Crippen molar-refractivity contribution < 1.29 is 71.4 Å². The van der Waals surface area contributed by atoms with Crippen molar-refractivity contribution >= 4 is 29.8 Å². The van der Waals surface area contributed by atoms with E-state index in [9.17, 15) is 29.1 Å². The quantitative estimate of drug-likeness (QED) is 0.336. The van der Waals surface area contributed by atoms with Gasteiger partial charge in [-0.2, -0.15) is 0 Å². The summed E-state index contributed by atoms with van der Waals surface area (Å²) >= 11 is 0. The van der Waals surface area contributed by atoms with Gasteiger partial charge in [0.2, 0.25) is 5.60 Å². The Kier molecular flexibility index (Phi) is 6.37. The first-order chi connectivity index (χ1) is 23.3. The van der Waals surface area contributed by atoms with Gasteiger partial charge in [0.1, 0.15) is 17.3 Å². The molecule has 3 aliphatic heterocycles. The largest absolute Gasteiger partial charge is 0.472 e. The lowest BCUT2D eigenvalue weighted by atomic mass is 9.34. The maximum atomic E-state index is 13.7. The lowest BCUT2D eigenvalue weighted by molar-refractivity contribution is -0.426. The van der Waals surface area contributed by atoms with Crippen LogP contribution >= 0.6 is 0 Å². The number of hydrogen-bond acceptors (Lipinski definition) is 15. The fourth-order valence-corrected chi connectivity index (χ4v) is 12.1. The average Bonchev–Trinajstić information content (AvgIpc) is 3.69.